The van der Waals surface area contributed by atoms with Gasteiger partial charge in [0.1, 0.15) is 110 Å². The van der Waals surface area contributed by atoms with Gasteiger partial charge in [-0.15, -0.1) is 0 Å². The predicted octanol–water partition coefficient (Wildman–Crippen LogP) is -0.562. The highest BCUT2D eigenvalue weighted by Crippen LogP contribution is 2.45. The predicted molar refractivity (Wildman–Crippen MR) is 375 cm³/mol. The summed E-state index contributed by atoms with van der Waals surface area (Å²) in [6.45, 7) is 0.876. The maximum atomic E-state index is 14.8. The Balaban J connectivity index is 1.21. The van der Waals surface area contributed by atoms with Crippen molar-refractivity contribution in [3.05, 3.63) is 12.2 Å². The Morgan fingerprint density at radius 3 is 1.51 bits per heavy atom. The molecule has 0 aromatic heterocycles. The van der Waals surface area contributed by atoms with Crippen molar-refractivity contribution < 1.29 is 148 Å². The molecule has 28 atom stereocenters. The Morgan fingerprint density at radius 1 is 0.509 bits per heavy atom. The van der Waals surface area contributed by atoms with Crippen LogP contribution < -0.4 is 16.0 Å². The van der Waals surface area contributed by atoms with E-state index in [0.29, 0.717) is 12.8 Å². The standard InChI is InChI=1S/C73H129N3O30/c1-5-7-9-11-13-15-17-19-20-22-24-26-28-30-32-34-52(87)76-44(45(84)33-31-29-27-25-23-21-18-16-14-12-10-8-6-2)41-96-69-61(94)59(92)62(50(39-80)99-69)101-71-67-66(106-73(72(95)104-67)35-46(85)53(74-42(3)82)65(105-73)55(88)47(86)36-77)63(51(40-81)100-71)102-68-54(75-43(4)83)64(57(90)49(38-79)97-68)103-70-60(93)58(91)56(89)48(37-78)98-70/h31,33,44-51,53-71,77-81,84-86,88-94H,5-30,32,34-41H2,1-4H3,(H,74,82)(H,75,83)(H,76,87)/b33-31+/t44-,45+,46-,47+,48+,49+,50+,51+,53+,54+,55+,56-,57-,58-,59+,60+,61+,62+,63-,64+,65+,66-,67+,68-,69+,70-,71-,73-/m0/s1. The lowest BCUT2D eigenvalue weighted by atomic mass is 9.87. The summed E-state index contributed by atoms with van der Waals surface area (Å²) in [6.07, 6.45) is -12.7. The number of hydrogen-bond acceptors (Lipinski definition) is 30. The number of hydrogen-bond donors (Lipinski definition) is 18. The van der Waals surface area contributed by atoms with Crippen molar-refractivity contribution in [2.24, 2.45) is 0 Å². The topological polar surface area (TPSA) is 509 Å². The highest BCUT2D eigenvalue weighted by molar-refractivity contribution is 5.80. The van der Waals surface area contributed by atoms with E-state index in [1.165, 1.54) is 109 Å². The van der Waals surface area contributed by atoms with Gasteiger partial charge in [-0.25, -0.2) is 4.79 Å². The molecule has 33 nitrogen and oxygen atoms in total. The minimum atomic E-state index is -2.91. The van der Waals surface area contributed by atoms with Crippen molar-refractivity contribution in [3.63, 3.8) is 0 Å². The summed E-state index contributed by atoms with van der Waals surface area (Å²) in [5, 5.41) is 174. The average Bonchev–Trinajstić information content (AvgIpc) is 0.724. The van der Waals surface area contributed by atoms with Crippen LogP contribution in [0.1, 0.15) is 214 Å². The minimum Gasteiger partial charge on any atom is -0.450 e. The lowest BCUT2D eigenvalue weighted by molar-refractivity contribution is -0.421. The van der Waals surface area contributed by atoms with Crippen LogP contribution in [0.15, 0.2) is 12.2 Å². The van der Waals surface area contributed by atoms with Gasteiger partial charge in [0, 0.05) is 26.7 Å². The van der Waals surface area contributed by atoms with Crippen LogP contribution in [0, 0.1) is 0 Å². The minimum absolute atomic E-state index is 0.157. The van der Waals surface area contributed by atoms with Crippen LogP contribution in [0.2, 0.25) is 0 Å². The molecule has 0 saturated carbocycles. The van der Waals surface area contributed by atoms with Gasteiger partial charge in [-0.1, -0.05) is 180 Å². The van der Waals surface area contributed by atoms with Gasteiger partial charge >= 0.3 is 5.97 Å². The van der Waals surface area contributed by atoms with Gasteiger partial charge in [-0.3, -0.25) is 14.4 Å². The zero-order valence-corrected chi connectivity index (χ0v) is 62.3. The lowest BCUT2D eigenvalue weighted by Crippen LogP contribution is -2.75. The number of aliphatic hydroxyl groups is 15. The fourth-order valence-electron chi connectivity index (χ4n) is 14.6. The molecule has 6 aliphatic rings. The summed E-state index contributed by atoms with van der Waals surface area (Å²) in [6, 6.07) is -4.52. The molecule has 6 rings (SSSR count). The molecule has 1 spiro atoms. The molecule has 0 aromatic rings. The van der Waals surface area contributed by atoms with Crippen LogP contribution >= 0.6 is 0 Å². The number of nitrogens with one attached hydrogen (secondary N) is 3. The molecular weight excluding hydrogens is 1400 g/mol. The van der Waals surface area contributed by atoms with Gasteiger partial charge in [-0.05, 0) is 19.3 Å². The van der Waals surface area contributed by atoms with Gasteiger partial charge in [0.25, 0.3) is 5.79 Å². The fourth-order valence-corrected chi connectivity index (χ4v) is 14.6. The van der Waals surface area contributed by atoms with Gasteiger partial charge < -0.3 is 145 Å². The molecule has 0 unspecified atom stereocenters. The van der Waals surface area contributed by atoms with Gasteiger partial charge in [0.15, 0.2) is 31.3 Å². The van der Waals surface area contributed by atoms with E-state index in [0.717, 1.165) is 65.2 Å². The fraction of sp³-hybridized carbons (Fsp3) is 0.918. The SMILES string of the molecule is CCCCCCCCCCCCC/C=C/[C@@H](O)[C@H](CO[C@@H]1O[C@H](CO)[C@@H](O[C@@H]2O[C@H](CO)[C@H](O[C@@H]3O[C@H](CO)[C@H](O)[C@H](O[C@@H]4O[C@H](CO)[C@H](O)[C@H](O)[C@H]4O)[C@H]3NC(C)=O)[C@@H]3O[C@@]4(C[C@H](O)[C@@H](NC(C)=O)[C@H]([C@H](O)[C@H](O)CO)O4)C(=O)O[C@@H]23)[C@H](O)[C@H]1O)NC(=O)CCCCCCCCCCCCCCCCC. The third-order valence-electron chi connectivity index (χ3n) is 20.8. The summed E-state index contributed by atoms with van der Waals surface area (Å²) in [5.74, 6) is -6.43. The monoisotopic (exact) mass is 1530 g/mol. The highest BCUT2D eigenvalue weighted by Gasteiger charge is 2.66. The molecule has 0 radical (unpaired) electrons. The van der Waals surface area contributed by atoms with Crippen molar-refractivity contribution >= 4 is 23.7 Å². The Hall–Kier alpha value is -3.38. The van der Waals surface area contributed by atoms with Crippen LogP contribution in [-0.2, 0) is 71.3 Å². The van der Waals surface area contributed by atoms with E-state index >= 15 is 0 Å². The molecular formula is C73H129N3O30. The summed E-state index contributed by atoms with van der Waals surface area (Å²) >= 11 is 0. The number of amides is 3. The van der Waals surface area contributed by atoms with E-state index in [4.69, 9.17) is 52.1 Å². The summed E-state index contributed by atoms with van der Waals surface area (Å²) in [5.41, 5.74) is 0. The van der Waals surface area contributed by atoms with Crippen LogP contribution in [0.4, 0.5) is 0 Å². The summed E-state index contributed by atoms with van der Waals surface area (Å²) < 4.78 is 67.4. The summed E-state index contributed by atoms with van der Waals surface area (Å²) in [4.78, 5) is 54.0. The molecule has 3 amide bonds. The van der Waals surface area contributed by atoms with Gasteiger partial charge in [-0.2, -0.15) is 0 Å². The van der Waals surface area contributed by atoms with E-state index in [2.05, 4.69) is 29.8 Å². The number of fused-ring (bicyclic) bond motifs is 1. The van der Waals surface area contributed by atoms with Crippen molar-refractivity contribution in [2.75, 3.05) is 39.6 Å². The number of allylic oxidation sites excluding steroid dienone is 1. The van der Waals surface area contributed by atoms with Crippen LogP contribution in [0.25, 0.3) is 0 Å². The van der Waals surface area contributed by atoms with Crippen molar-refractivity contribution in [3.8, 4) is 0 Å². The molecule has 0 bridgehead atoms. The Kier molecular flexibility index (Phi) is 41.3. The average molecular weight is 1530 g/mol. The second-order valence-electron chi connectivity index (χ2n) is 29.4. The van der Waals surface area contributed by atoms with E-state index < -0.39 is 235 Å². The molecule has 6 saturated heterocycles. The molecule has 33 heteroatoms. The maximum absolute atomic E-state index is 14.8. The van der Waals surface area contributed by atoms with Crippen LogP contribution in [-0.4, -0.2) is 311 Å². The molecule has 6 aliphatic heterocycles. The molecule has 18 N–H and O–H groups in total. The molecule has 6 heterocycles. The first-order chi connectivity index (χ1) is 50.9. The lowest BCUT2D eigenvalue weighted by Gasteiger charge is -2.56. The molecule has 0 aromatic carbocycles. The first-order valence-electron chi connectivity index (χ1n) is 39.0. The van der Waals surface area contributed by atoms with E-state index in [1.807, 2.05) is 6.08 Å². The molecule has 616 valence electrons. The first kappa shape index (κ1) is 91.5. The molecule has 6 fully saturated rings. The maximum Gasteiger partial charge on any atom is 0.367 e. The van der Waals surface area contributed by atoms with E-state index in [-0.39, 0.29) is 12.3 Å². The molecule has 0 aliphatic carbocycles. The second kappa shape index (κ2) is 47.9. The van der Waals surface area contributed by atoms with Crippen molar-refractivity contribution in [2.45, 2.75) is 385 Å². The largest absolute Gasteiger partial charge is 0.450 e. The normalized spacial score (nSPS) is 35.3. The number of rotatable bonds is 49. The Morgan fingerprint density at radius 2 is 0.972 bits per heavy atom. The van der Waals surface area contributed by atoms with Crippen LogP contribution in [0.5, 0.6) is 0 Å². The van der Waals surface area contributed by atoms with Crippen LogP contribution in [0.3, 0.4) is 0 Å². The van der Waals surface area contributed by atoms with Crippen molar-refractivity contribution in [1.82, 2.24) is 16.0 Å². The van der Waals surface area contributed by atoms with Crippen molar-refractivity contribution in [1.29, 1.82) is 0 Å². The zero-order chi connectivity index (χ0) is 77.5. The Bertz CT molecular complexity index is 2520. The zero-order valence-electron chi connectivity index (χ0n) is 62.3. The first-order valence-corrected chi connectivity index (χ1v) is 39.0. The number of ether oxygens (including phenoxy) is 11. The summed E-state index contributed by atoms with van der Waals surface area (Å²) in [7, 11) is 0. The van der Waals surface area contributed by atoms with Gasteiger partial charge in [0.05, 0.1) is 63.9 Å². The number of carbonyl (C=O) groups is 4. The third-order valence-corrected chi connectivity index (χ3v) is 20.8. The number of carbonyl (C=O) groups excluding carboxylic acids is 4. The Labute approximate surface area is 622 Å². The number of unbranched alkanes of at least 4 members (excludes halogenated alkanes) is 25. The molecule has 106 heavy (non-hydrogen) atoms. The number of esters is 1. The quantitative estimate of drug-likeness (QED) is 0.0206. The second-order valence-corrected chi connectivity index (χ2v) is 29.4. The smallest absolute Gasteiger partial charge is 0.367 e. The van der Waals surface area contributed by atoms with E-state index in [9.17, 15) is 95.8 Å². The van der Waals surface area contributed by atoms with E-state index in [1.54, 1.807) is 6.08 Å². The van der Waals surface area contributed by atoms with Gasteiger partial charge in [0.2, 0.25) is 17.7 Å². The number of aliphatic hydroxyl groups excluding tert-OH is 15. The highest BCUT2D eigenvalue weighted by atomic mass is 16.8. The third kappa shape index (κ3) is 26.9.